The van der Waals surface area contributed by atoms with E-state index in [0.29, 0.717) is 32.8 Å². The normalized spacial score (nSPS) is 11.1. The Morgan fingerprint density at radius 3 is 2.82 bits per heavy atom. The van der Waals surface area contributed by atoms with E-state index >= 15 is 0 Å². The van der Waals surface area contributed by atoms with E-state index in [2.05, 4.69) is 26.6 Å². The molecule has 4 heterocycles. The molecule has 0 spiro atoms. The summed E-state index contributed by atoms with van der Waals surface area (Å²) in [7, 11) is 1.65. The van der Waals surface area contributed by atoms with E-state index in [-0.39, 0.29) is 22.5 Å². The zero-order chi connectivity index (χ0) is 23.8. The molecule has 0 aliphatic rings. The molecule has 12 heteroatoms. The van der Waals surface area contributed by atoms with E-state index in [1.165, 1.54) is 33.7 Å². The van der Waals surface area contributed by atoms with E-state index in [1.807, 2.05) is 21.9 Å². The maximum Gasteiger partial charge on any atom is 0.272 e. The molecule has 0 aliphatic carbocycles. The first-order chi connectivity index (χ1) is 16.5. The summed E-state index contributed by atoms with van der Waals surface area (Å²) in [6.45, 7) is 0. The number of carbonyl (C=O) groups excluding carboxylic acids is 1. The molecule has 4 aromatic heterocycles. The van der Waals surface area contributed by atoms with Crippen LogP contribution in [0.5, 0.6) is 0 Å². The summed E-state index contributed by atoms with van der Waals surface area (Å²) in [6, 6.07) is 14.3. The summed E-state index contributed by atoms with van der Waals surface area (Å²) in [6.07, 6.45) is 0. The molecule has 0 aliphatic heterocycles. The Kier molecular flexibility index (Phi) is 5.48. The average Bonchev–Trinajstić information content (AvgIpc) is 3.49. The van der Waals surface area contributed by atoms with Crippen LogP contribution in [0, 0.1) is 11.3 Å². The fourth-order valence-corrected chi connectivity index (χ4v) is 5.21. The van der Waals surface area contributed by atoms with E-state index in [1.54, 1.807) is 31.3 Å². The summed E-state index contributed by atoms with van der Waals surface area (Å²) < 4.78 is 3.88. The Morgan fingerprint density at radius 1 is 1.26 bits per heavy atom. The van der Waals surface area contributed by atoms with Gasteiger partial charge in [-0.1, -0.05) is 30.0 Å². The van der Waals surface area contributed by atoms with Crippen LogP contribution in [0.1, 0.15) is 21.7 Å². The summed E-state index contributed by atoms with van der Waals surface area (Å²) in [5, 5.41) is 23.0. The molecule has 0 radical (unpaired) electrons. The smallest absolute Gasteiger partial charge is 0.272 e. The van der Waals surface area contributed by atoms with Gasteiger partial charge >= 0.3 is 0 Å². The number of carbonyl (C=O) groups is 1. The van der Waals surface area contributed by atoms with Gasteiger partial charge in [-0.2, -0.15) is 5.26 Å². The number of hydrogen-bond donors (Lipinski definition) is 2. The van der Waals surface area contributed by atoms with Gasteiger partial charge in [-0.3, -0.25) is 18.6 Å². The standard InChI is InChI=1S/C22H16N8O2S2/c1-29-21(32)17-15(7-8-33-17)30-16(27-28-22(29)30)11-34-20-12(10-23)9-14(18(24)26-20)19(31)25-13-5-3-2-4-6-13/h2-9H,11H2,1H3,(H2,24,26)(H,25,31). The number of rotatable bonds is 5. The van der Waals surface area contributed by atoms with Crippen molar-refractivity contribution in [3.63, 3.8) is 0 Å². The van der Waals surface area contributed by atoms with Gasteiger partial charge in [0, 0.05) is 12.7 Å². The van der Waals surface area contributed by atoms with Gasteiger partial charge in [0.1, 0.15) is 27.4 Å². The van der Waals surface area contributed by atoms with Gasteiger partial charge in [-0.25, -0.2) is 4.98 Å². The highest BCUT2D eigenvalue weighted by Crippen LogP contribution is 2.28. The average molecular weight is 489 g/mol. The van der Waals surface area contributed by atoms with Crippen molar-refractivity contribution in [1.29, 1.82) is 5.26 Å². The number of nitriles is 1. The van der Waals surface area contributed by atoms with Crippen LogP contribution in [0.15, 0.2) is 57.7 Å². The predicted octanol–water partition coefficient (Wildman–Crippen LogP) is 3.04. The minimum absolute atomic E-state index is 0.0173. The molecule has 0 bridgehead atoms. The molecule has 168 valence electrons. The molecule has 5 aromatic rings. The van der Waals surface area contributed by atoms with Crippen LogP contribution in [-0.4, -0.2) is 30.1 Å². The SMILES string of the molecule is Cn1c(=O)c2sccc2n2c(CSc3nc(N)c(C(=O)Nc4ccccc4)cc3C#N)nnc12. The Morgan fingerprint density at radius 2 is 2.06 bits per heavy atom. The van der Waals surface area contributed by atoms with Gasteiger partial charge in [0.15, 0.2) is 0 Å². The third-order valence-electron chi connectivity index (χ3n) is 5.15. The van der Waals surface area contributed by atoms with Crippen molar-refractivity contribution in [2.45, 2.75) is 10.8 Å². The van der Waals surface area contributed by atoms with Crippen molar-refractivity contribution in [3.8, 4) is 6.07 Å². The topological polar surface area (TPSA) is 144 Å². The lowest BCUT2D eigenvalue weighted by Gasteiger charge is -2.10. The number of nitrogens with zero attached hydrogens (tertiary/aromatic N) is 6. The number of nitrogens with two attached hydrogens (primary N) is 1. The number of aromatic nitrogens is 5. The first-order valence-electron chi connectivity index (χ1n) is 9.98. The highest BCUT2D eigenvalue weighted by molar-refractivity contribution is 7.98. The van der Waals surface area contributed by atoms with Crippen LogP contribution < -0.4 is 16.6 Å². The number of hydrogen-bond acceptors (Lipinski definition) is 9. The van der Waals surface area contributed by atoms with Crippen molar-refractivity contribution >= 4 is 56.5 Å². The summed E-state index contributed by atoms with van der Waals surface area (Å²) in [5.41, 5.74) is 7.62. The summed E-state index contributed by atoms with van der Waals surface area (Å²) in [5.74, 6) is 0.903. The van der Waals surface area contributed by atoms with Crippen molar-refractivity contribution in [2.24, 2.45) is 7.05 Å². The van der Waals surface area contributed by atoms with Crippen LogP contribution in [0.2, 0.25) is 0 Å². The molecule has 5 rings (SSSR count). The lowest BCUT2D eigenvalue weighted by molar-refractivity contribution is 0.102. The highest BCUT2D eigenvalue weighted by atomic mass is 32.2. The highest BCUT2D eigenvalue weighted by Gasteiger charge is 2.19. The molecule has 10 nitrogen and oxygen atoms in total. The quantitative estimate of drug-likeness (QED) is 0.359. The second-order valence-electron chi connectivity index (χ2n) is 7.25. The van der Waals surface area contributed by atoms with Crippen molar-refractivity contribution in [2.75, 3.05) is 11.1 Å². The molecule has 1 amide bonds. The largest absolute Gasteiger partial charge is 0.383 e. The van der Waals surface area contributed by atoms with Crippen molar-refractivity contribution < 1.29 is 4.79 Å². The van der Waals surface area contributed by atoms with Gasteiger partial charge in [0.2, 0.25) is 5.78 Å². The number of para-hydroxylation sites is 1. The molecule has 0 saturated heterocycles. The van der Waals surface area contributed by atoms with Crippen LogP contribution in [-0.2, 0) is 12.8 Å². The maximum absolute atomic E-state index is 12.7. The van der Waals surface area contributed by atoms with E-state index in [9.17, 15) is 14.9 Å². The first kappa shape index (κ1) is 21.6. The Balaban J connectivity index is 1.45. The molecule has 0 saturated carbocycles. The third kappa shape index (κ3) is 3.66. The fraction of sp³-hybridized carbons (Fsp3) is 0.0909. The van der Waals surface area contributed by atoms with Crippen LogP contribution in [0.25, 0.3) is 16.0 Å². The molecular weight excluding hydrogens is 472 g/mol. The molecular formula is C22H16N8O2S2. The summed E-state index contributed by atoms with van der Waals surface area (Å²) in [4.78, 5) is 29.5. The van der Waals surface area contributed by atoms with Crippen LogP contribution in [0.4, 0.5) is 11.5 Å². The molecule has 0 fully saturated rings. The molecule has 3 N–H and O–H groups in total. The van der Waals surface area contributed by atoms with Crippen molar-refractivity contribution in [1.82, 2.24) is 24.1 Å². The third-order valence-corrected chi connectivity index (χ3v) is 7.03. The maximum atomic E-state index is 12.7. The van der Waals surface area contributed by atoms with Crippen LogP contribution in [0.3, 0.4) is 0 Å². The van der Waals surface area contributed by atoms with E-state index < -0.39 is 5.91 Å². The lowest BCUT2D eigenvalue weighted by atomic mass is 10.2. The number of anilines is 2. The number of fused-ring (bicyclic) bond motifs is 3. The zero-order valence-corrected chi connectivity index (χ0v) is 19.4. The van der Waals surface area contributed by atoms with Gasteiger partial charge in [0.25, 0.3) is 11.5 Å². The van der Waals surface area contributed by atoms with Gasteiger partial charge in [-0.15, -0.1) is 21.5 Å². The number of nitrogen functional groups attached to an aromatic ring is 1. The minimum Gasteiger partial charge on any atom is -0.383 e. The molecule has 0 unspecified atom stereocenters. The predicted molar refractivity (Wildman–Crippen MR) is 131 cm³/mol. The molecule has 1 aromatic carbocycles. The number of thiophene rings is 1. The van der Waals surface area contributed by atoms with Gasteiger partial charge in [0.05, 0.1) is 22.4 Å². The second kappa shape index (κ2) is 8.62. The number of nitrogens with one attached hydrogen (secondary N) is 1. The zero-order valence-electron chi connectivity index (χ0n) is 17.7. The monoisotopic (exact) mass is 488 g/mol. The Hall–Kier alpha value is -4.21. The van der Waals surface area contributed by atoms with Crippen molar-refractivity contribution in [3.05, 3.63) is 75.1 Å². The second-order valence-corrected chi connectivity index (χ2v) is 9.13. The number of benzene rings is 1. The van der Waals surface area contributed by atoms with E-state index in [4.69, 9.17) is 5.73 Å². The summed E-state index contributed by atoms with van der Waals surface area (Å²) >= 11 is 2.61. The molecule has 34 heavy (non-hydrogen) atoms. The van der Waals surface area contributed by atoms with Crippen LogP contribution >= 0.6 is 23.1 Å². The number of pyridine rings is 1. The van der Waals surface area contributed by atoms with Gasteiger partial charge in [-0.05, 0) is 29.6 Å². The number of thioether (sulfide) groups is 1. The lowest BCUT2D eigenvalue weighted by Crippen LogP contribution is -2.19. The Bertz CT molecular complexity index is 1660. The molecule has 0 atom stereocenters. The fourth-order valence-electron chi connectivity index (χ4n) is 3.48. The minimum atomic E-state index is -0.450. The number of aryl methyl sites for hydroxylation is 1. The van der Waals surface area contributed by atoms with E-state index in [0.717, 1.165) is 5.52 Å². The number of amides is 1. The first-order valence-corrected chi connectivity index (χ1v) is 11.8. The van der Waals surface area contributed by atoms with Gasteiger partial charge < -0.3 is 11.1 Å². The Labute approximate surface area is 200 Å².